The maximum atomic E-state index is 11.7. The predicted octanol–water partition coefficient (Wildman–Crippen LogP) is 1.95. The molecule has 3 N–H and O–H groups in total. The van der Waals surface area contributed by atoms with Crippen LogP contribution in [0.5, 0.6) is 0 Å². The molecule has 168 valence electrons. The third kappa shape index (κ3) is 4.19. The van der Waals surface area contributed by atoms with Crippen molar-refractivity contribution in [3.63, 3.8) is 0 Å². The predicted molar refractivity (Wildman–Crippen MR) is 115 cm³/mol. The van der Waals surface area contributed by atoms with Gasteiger partial charge in [-0.3, -0.25) is 0 Å². The molecule has 0 saturated carbocycles. The number of benzene rings is 1. The zero-order valence-electron chi connectivity index (χ0n) is 18.0. The number of cyclic esters (lactones) is 1. The highest BCUT2D eigenvalue weighted by atomic mass is 16.5. The number of carboxylic acid groups (broad SMARTS) is 1. The van der Waals surface area contributed by atoms with Crippen LogP contribution in [0.4, 0.5) is 0 Å². The van der Waals surface area contributed by atoms with Crippen LogP contribution in [0.25, 0.3) is 5.82 Å². The molecule has 0 aliphatic carbocycles. The van der Waals surface area contributed by atoms with E-state index in [1.54, 1.807) is 31.3 Å². The van der Waals surface area contributed by atoms with Crippen LogP contribution >= 0.6 is 0 Å². The van der Waals surface area contributed by atoms with Crippen molar-refractivity contribution in [2.24, 2.45) is 0 Å². The monoisotopic (exact) mass is 447 g/mol. The molecule has 4 rings (SSSR count). The Kier molecular flexibility index (Phi) is 5.91. The van der Waals surface area contributed by atoms with Crippen molar-refractivity contribution in [2.45, 2.75) is 33.1 Å². The third-order valence-corrected chi connectivity index (χ3v) is 5.66. The lowest BCUT2D eigenvalue weighted by Crippen LogP contribution is -2.22. The molecule has 0 bridgehead atoms. The number of nitrogens with zero attached hydrogens (tertiary/aromatic N) is 4. The summed E-state index contributed by atoms with van der Waals surface area (Å²) >= 11 is 0. The van der Waals surface area contributed by atoms with E-state index in [1.807, 2.05) is 13.0 Å². The Morgan fingerprint density at radius 3 is 2.88 bits per heavy atom. The van der Waals surface area contributed by atoms with E-state index in [0.717, 1.165) is 11.1 Å². The molecule has 0 radical (unpaired) electrons. The minimum absolute atomic E-state index is 0.134. The first kappa shape index (κ1) is 22.1. The topological polar surface area (TPSA) is 150 Å². The highest BCUT2D eigenvalue weighted by molar-refractivity contribution is 5.94. The second-order valence-corrected chi connectivity index (χ2v) is 7.75. The number of aromatic carboxylic acids is 1. The number of carbonyl (C=O) groups excluding carboxylic acids is 1. The number of aryl methyl sites for hydroxylation is 1. The summed E-state index contributed by atoms with van der Waals surface area (Å²) in [5.74, 6) is -1.15. The normalized spacial score (nSPS) is 13.3. The zero-order chi connectivity index (χ0) is 23.7. The maximum absolute atomic E-state index is 11.7. The van der Waals surface area contributed by atoms with Gasteiger partial charge < -0.3 is 20.3 Å². The van der Waals surface area contributed by atoms with Gasteiger partial charge in [-0.05, 0) is 42.7 Å². The molecular formula is C23H21N5O5. The molecule has 1 aliphatic rings. The molecule has 1 atom stereocenters. The summed E-state index contributed by atoms with van der Waals surface area (Å²) in [6, 6.07) is 7.04. The van der Waals surface area contributed by atoms with Crippen LogP contribution in [0.2, 0.25) is 0 Å². The van der Waals surface area contributed by atoms with E-state index in [4.69, 9.17) is 10.00 Å². The van der Waals surface area contributed by atoms with Crippen molar-refractivity contribution in [3.8, 4) is 11.9 Å². The lowest BCUT2D eigenvalue weighted by Gasteiger charge is -2.16. The molecule has 2 aromatic heterocycles. The van der Waals surface area contributed by atoms with Crippen molar-refractivity contribution in [2.75, 3.05) is 6.54 Å². The van der Waals surface area contributed by atoms with Gasteiger partial charge in [0.2, 0.25) is 0 Å². The number of esters is 1. The molecule has 1 aliphatic heterocycles. The number of nitrogens with one attached hydrogen (secondary N) is 1. The summed E-state index contributed by atoms with van der Waals surface area (Å²) in [6.07, 6.45) is 2.11. The minimum Gasteiger partial charge on any atom is -0.476 e. The molecule has 0 amide bonds. The van der Waals surface area contributed by atoms with Gasteiger partial charge in [-0.15, -0.1) is 0 Å². The number of hydrogen-bond donors (Lipinski definition) is 3. The molecule has 10 nitrogen and oxygen atoms in total. The standard InChI is InChI=1S/C23H21N5O5/c1-12-5-20(26-8-14(12)6-24)28-10-15(21(27-28)22(30)31)7-25-9-19(29)16-3-4-17-18(13(16)2)11-33-23(17)32/h3-5,8,10,19,25,29H,7,9,11H2,1-2H3,(H,30,31)/t19-/m0/s1. The molecule has 3 heterocycles. The van der Waals surface area contributed by atoms with Gasteiger partial charge in [0.05, 0.1) is 17.2 Å². The number of ether oxygens (including phenoxy) is 1. The number of nitriles is 1. The summed E-state index contributed by atoms with van der Waals surface area (Å²) in [6.45, 7) is 4.10. The molecule has 3 aromatic rings. The summed E-state index contributed by atoms with van der Waals surface area (Å²) < 4.78 is 6.40. The SMILES string of the molecule is Cc1cc(-n2cc(CNC[C@H](O)c3ccc4c(c3C)COC4=O)c(C(=O)O)n2)ncc1C#N. The third-order valence-electron chi connectivity index (χ3n) is 5.66. The Morgan fingerprint density at radius 1 is 1.39 bits per heavy atom. The fourth-order valence-corrected chi connectivity index (χ4v) is 3.80. The first-order valence-corrected chi connectivity index (χ1v) is 10.2. The first-order chi connectivity index (χ1) is 15.8. The summed E-state index contributed by atoms with van der Waals surface area (Å²) in [7, 11) is 0. The smallest absolute Gasteiger partial charge is 0.356 e. The van der Waals surface area contributed by atoms with Crippen molar-refractivity contribution in [1.29, 1.82) is 5.26 Å². The Bertz CT molecular complexity index is 1310. The second-order valence-electron chi connectivity index (χ2n) is 7.75. The van der Waals surface area contributed by atoms with Gasteiger partial charge in [-0.1, -0.05) is 6.07 Å². The maximum Gasteiger partial charge on any atom is 0.356 e. The number of fused-ring (bicyclic) bond motifs is 1. The molecule has 0 fully saturated rings. The van der Waals surface area contributed by atoms with Crippen LogP contribution in [0.15, 0.2) is 30.6 Å². The van der Waals surface area contributed by atoms with Crippen LogP contribution < -0.4 is 5.32 Å². The fraction of sp³-hybridized carbons (Fsp3) is 0.261. The van der Waals surface area contributed by atoms with E-state index in [-0.39, 0.29) is 31.4 Å². The van der Waals surface area contributed by atoms with Crippen molar-refractivity contribution >= 4 is 11.9 Å². The largest absolute Gasteiger partial charge is 0.476 e. The lowest BCUT2D eigenvalue weighted by molar-refractivity contribution is 0.0534. The van der Waals surface area contributed by atoms with Gasteiger partial charge in [0.1, 0.15) is 12.7 Å². The van der Waals surface area contributed by atoms with Crippen molar-refractivity contribution < 1.29 is 24.5 Å². The van der Waals surface area contributed by atoms with E-state index in [1.165, 1.54) is 10.9 Å². The summed E-state index contributed by atoms with van der Waals surface area (Å²) in [4.78, 5) is 27.6. The summed E-state index contributed by atoms with van der Waals surface area (Å²) in [5, 5.41) is 36.4. The molecular weight excluding hydrogens is 426 g/mol. The Labute approximate surface area is 189 Å². The molecule has 10 heteroatoms. The molecule has 33 heavy (non-hydrogen) atoms. The molecule has 0 spiro atoms. The van der Waals surface area contributed by atoms with Crippen LogP contribution in [0.3, 0.4) is 0 Å². The number of carbonyl (C=O) groups is 2. The van der Waals surface area contributed by atoms with Gasteiger partial charge in [0, 0.05) is 36.6 Å². The van der Waals surface area contributed by atoms with E-state index in [0.29, 0.717) is 33.6 Å². The van der Waals surface area contributed by atoms with E-state index in [2.05, 4.69) is 15.4 Å². The van der Waals surface area contributed by atoms with Crippen LogP contribution in [-0.2, 0) is 17.9 Å². The highest BCUT2D eigenvalue weighted by Gasteiger charge is 2.25. The Morgan fingerprint density at radius 2 is 2.18 bits per heavy atom. The number of pyridine rings is 1. The van der Waals surface area contributed by atoms with Crippen LogP contribution in [0, 0.1) is 25.2 Å². The Balaban J connectivity index is 1.49. The van der Waals surface area contributed by atoms with E-state index < -0.39 is 12.1 Å². The van der Waals surface area contributed by atoms with Gasteiger partial charge in [0.15, 0.2) is 11.5 Å². The lowest BCUT2D eigenvalue weighted by atomic mass is 9.95. The van der Waals surface area contributed by atoms with E-state index in [9.17, 15) is 19.8 Å². The van der Waals surface area contributed by atoms with Gasteiger partial charge >= 0.3 is 11.9 Å². The van der Waals surface area contributed by atoms with Crippen LogP contribution in [0.1, 0.15) is 60.3 Å². The number of aliphatic hydroxyl groups excluding tert-OH is 1. The average molecular weight is 447 g/mol. The van der Waals surface area contributed by atoms with Crippen LogP contribution in [-0.4, -0.2) is 43.5 Å². The number of rotatable bonds is 7. The number of aliphatic hydroxyl groups is 1. The van der Waals surface area contributed by atoms with Gasteiger partial charge in [0.25, 0.3) is 0 Å². The Hall–Kier alpha value is -4.07. The summed E-state index contributed by atoms with van der Waals surface area (Å²) in [5.41, 5.74) is 4.18. The quantitative estimate of drug-likeness (QED) is 0.462. The van der Waals surface area contributed by atoms with Gasteiger partial charge in [-0.25, -0.2) is 19.3 Å². The molecule has 0 unspecified atom stereocenters. The molecule has 0 saturated heterocycles. The second kappa shape index (κ2) is 8.82. The average Bonchev–Trinajstić information content (AvgIpc) is 3.38. The molecule has 1 aromatic carbocycles. The number of hydrogen-bond acceptors (Lipinski definition) is 8. The van der Waals surface area contributed by atoms with Gasteiger partial charge in [-0.2, -0.15) is 10.4 Å². The van der Waals surface area contributed by atoms with Crippen molar-refractivity contribution in [3.05, 3.63) is 75.2 Å². The number of aromatic nitrogens is 3. The van der Waals surface area contributed by atoms with Crippen molar-refractivity contribution in [1.82, 2.24) is 20.1 Å². The number of carboxylic acids is 1. The zero-order valence-corrected chi connectivity index (χ0v) is 18.0. The van der Waals surface area contributed by atoms with E-state index >= 15 is 0 Å². The highest BCUT2D eigenvalue weighted by Crippen LogP contribution is 2.29. The minimum atomic E-state index is -1.18. The fourth-order valence-electron chi connectivity index (χ4n) is 3.80. The first-order valence-electron chi connectivity index (χ1n) is 10.2.